The Labute approximate surface area is 120 Å². The fourth-order valence-electron chi connectivity index (χ4n) is 1.88. The van der Waals surface area contributed by atoms with Gasteiger partial charge in [0.25, 0.3) is 6.01 Å². The molecule has 0 aliphatic heterocycles. The summed E-state index contributed by atoms with van der Waals surface area (Å²) in [5.74, 6) is 0. The van der Waals surface area contributed by atoms with Gasteiger partial charge in [-0.25, -0.2) is 0 Å². The van der Waals surface area contributed by atoms with E-state index in [0.717, 1.165) is 16.8 Å². The fourth-order valence-corrected chi connectivity index (χ4v) is 2.01. The summed E-state index contributed by atoms with van der Waals surface area (Å²) in [7, 11) is 0. The van der Waals surface area contributed by atoms with Crippen LogP contribution in [-0.2, 0) is 6.42 Å². The summed E-state index contributed by atoms with van der Waals surface area (Å²) in [5, 5.41) is 12.4. The van der Waals surface area contributed by atoms with E-state index < -0.39 is 0 Å². The molecule has 0 aliphatic rings. The average Bonchev–Trinajstić information content (AvgIpc) is 2.83. The summed E-state index contributed by atoms with van der Waals surface area (Å²) in [4.78, 5) is 4.34. The van der Waals surface area contributed by atoms with E-state index in [1.807, 2.05) is 30.3 Å². The lowest BCUT2D eigenvalue weighted by molar-refractivity contribution is 0.623. The van der Waals surface area contributed by atoms with Gasteiger partial charge in [-0.1, -0.05) is 17.7 Å². The van der Waals surface area contributed by atoms with Crippen LogP contribution in [0.25, 0.3) is 11.1 Å². The van der Waals surface area contributed by atoms with Gasteiger partial charge in [-0.3, -0.25) is 0 Å². The number of nitrogens with one attached hydrogen (secondary N) is 1. The van der Waals surface area contributed by atoms with Crippen LogP contribution in [0, 0.1) is 11.3 Å². The first-order valence-electron chi connectivity index (χ1n) is 6.03. The van der Waals surface area contributed by atoms with Crippen molar-refractivity contribution in [3.63, 3.8) is 0 Å². The number of halogens is 1. The highest BCUT2D eigenvalue weighted by atomic mass is 35.5. The normalized spacial score (nSPS) is 10.4. The molecule has 0 radical (unpaired) electrons. The third-order valence-corrected chi connectivity index (χ3v) is 3.08. The number of hydrogen-bond donors (Lipinski definition) is 1. The Morgan fingerprint density at radius 2 is 2.00 bits per heavy atom. The van der Waals surface area contributed by atoms with Gasteiger partial charge in [-0.15, -0.1) is 0 Å². The fraction of sp³-hybridized carbons (Fsp3) is 0.0667. The third-order valence-electron chi connectivity index (χ3n) is 2.83. The molecule has 3 rings (SSSR count). The highest BCUT2D eigenvalue weighted by Crippen LogP contribution is 2.24. The van der Waals surface area contributed by atoms with E-state index in [1.165, 1.54) is 0 Å². The van der Waals surface area contributed by atoms with E-state index in [2.05, 4.69) is 16.4 Å². The van der Waals surface area contributed by atoms with Gasteiger partial charge in [0.2, 0.25) is 0 Å². The molecule has 2 aromatic carbocycles. The van der Waals surface area contributed by atoms with Gasteiger partial charge in [0, 0.05) is 10.7 Å². The van der Waals surface area contributed by atoms with Crippen molar-refractivity contribution >= 4 is 34.4 Å². The second-order valence-corrected chi connectivity index (χ2v) is 4.72. The first-order valence-corrected chi connectivity index (χ1v) is 6.41. The zero-order valence-corrected chi connectivity index (χ0v) is 11.2. The van der Waals surface area contributed by atoms with Crippen LogP contribution in [0.1, 0.15) is 5.56 Å². The minimum atomic E-state index is 0.358. The predicted octanol–water partition coefficient (Wildman–Crippen LogP) is 4.29. The largest absolute Gasteiger partial charge is 0.423 e. The quantitative estimate of drug-likeness (QED) is 0.779. The average molecular weight is 284 g/mol. The van der Waals surface area contributed by atoms with Gasteiger partial charge in [-0.2, -0.15) is 10.2 Å². The van der Waals surface area contributed by atoms with Crippen LogP contribution in [-0.4, -0.2) is 4.98 Å². The van der Waals surface area contributed by atoms with E-state index in [4.69, 9.17) is 21.3 Å². The molecule has 4 nitrogen and oxygen atoms in total. The molecule has 0 aliphatic carbocycles. The number of nitrogens with zero attached hydrogens (tertiary/aromatic N) is 2. The van der Waals surface area contributed by atoms with E-state index >= 15 is 0 Å². The lowest BCUT2D eigenvalue weighted by atomic mass is 10.1. The zero-order chi connectivity index (χ0) is 13.9. The van der Waals surface area contributed by atoms with Crippen molar-refractivity contribution in [3.05, 3.63) is 53.1 Å². The molecular weight excluding hydrogens is 274 g/mol. The number of aromatic nitrogens is 1. The van der Waals surface area contributed by atoms with Crippen LogP contribution >= 0.6 is 11.6 Å². The van der Waals surface area contributed by atoms with Crippen LogP contribution in [0.15, 0.2) is 46.9 Å². The Hall–Kier alpha value is -2.51. The maximum Gasteiger partial charge on any atom is 0.300 e. The van der Waals surface area contributed by atoms with Crippen molar-refractivity contribution in [3.8, 4) is 6.07 Å². The lowest BCUT2D eigenvalue weighted by Crippen LogP contribution is -1.88. The molecule has 1 heterocycles. The molecule has 20 heavy (non-hydrogen) atoms. The van der Waals surface area contributed by atoms with Crippen molar-refractivity contribution in [2.24, 2.45) is 0 Å². The standard InChI is InChI=1S/C15H10ClN3O/c16-11-2-4-12(5-3-11)18-15-19-13-6-1-10(7-8-17)9-14(13)20-15/h1-6,9H,7H2,(H,18,19). The second-order valence-electron chi connectivity index (χ2n) is 4.29. The summed E-state index contributed by atoms with van der Waals surface area (Å²) in [6.45, 7) is 0. The Morgan fingerprint density at radius 1 is 1.20 bits per heavy atom. The van der Waals surface area contributed by atoms with Crippen molar-refractivity contribution in [2.45, 2.75) is 6.42 Å². The molecule has 0 amide bonds. The van der Waals surface area contributed by atoms with Crippen molar-refractivity contribution in [1.29, 1.82) is 5.26 Å². The Balaban J connectivity index is 1.89. The smallest absolute Gasteiger partial charge is 0.300 e. The molecule has 1 N–H and O–H groups in total. The predicted molar refractivity (Wildman–Crippen MR) is 78.1 cm³/mol. The Morgan fingerprint density at radius 3 is 2.75 bits per heavy atom. The van der Waals surface area contributed by atoms with E-state index in [-0.39, 0.29) is 0 Å². The minimum Gasteiger partial charge on any atom is -0.423 e. The molecule has 98 valence electrons. The lowest BCUT2D eigenvalue weighted by Gasteiger charge is -2.00. The maximum absolute atomic E-state index is 8.69. The van der Waals surface area contributed by atoms with Gasteiger partial charge < -0.3 is 9.73 Å². The molecule has 0 atom stereocenters. The van der Waals surface area contributed by atoms with Crippen LogP contribution in [0.5, 0.6) is 0 Å². The van der Waals surface area contributed by atoms with Crippen LogP contribution in [0.2, 0.25) is 5.02 Å². The number of anilines is 2. The van der Waals surface area contributed by atoms with Crippen LogP contribution in [0.3, 0.4) is 0 Å². The van der Waals surface area contributed by atoms with Gasteiger partial charge in [0.1, 0.15) is 5.52 Å². The highest BCUT2D eigenvalue weighted by Gasteiger charge is 2.06. The molecule has 0 saturated heterocycles. The summed E-state index contributed by atoms with van der Waals surface area (Å²) >= 11 is 5.83. The number of nitriles is 1. The van der Waals surface area contributed by atoms with Crippen molar-refractivity contribution in [2.75, 3.05) is 5.32 Å². The van der Waals surface area contributed by atoms with Crippen LogP contribution in [0.4, 0.5) is 11.7 Å². The van der Waals surface area contributed by atoms with E-state index in [9.17, 15) is 0 Å². The topological polar surface area (TPSA) is 61.9 Å². The number of rotatable bonds is 3. The molecule has 0 unspecified atom stereocenters. The van der Waals surface area contributed by atoms with Gasteiger partial charge in [0.05, 0.1) is 12.5 Å². The van der Waals surface area contributed by atoms with Crippen molar-refractivity contribution in [1.82, 2.24) is 4.98 Å². The summed E-state index contributed by atoms with van der Waals surface area (Å²) < 4.78 is 5.62. The molecule has 0 fully saturated rings. The molecule has 0 bridgehead atoms. The number of fused-ring (bicyclic) bond motifs is 1. The first-order chi connectivity index (χ1) is 9.74. The number of oxazole rings is 1. The second kappa shape index (κ2) is 5.24. The van der Waals surface area contributed by atoms with Gasteiger partial charge in [0.15, 0.2) is 5.58 Å². The maximum atomic E-state index is 8.69. The molecule has 1 aromatic heterocycles. The SMILES string of the molecule is N#CCc1ccc2nc(Nc3ccc(Cl)cc3)oc2c1. The molecule has 0 spiro atoms. The zero-order valence-electron chi connectivity index (χ0n) is 10.4. The van der Waals surface area contributed by atoms with Crippen molar-refractivity contribution < 1.29 is 4.42 Å². The minimum absolute atomic E-state index is 0.358. The first kappa shape index (κ1) is 12.5. The molecular formula is C15H10ClN3O. The Kier molecular flexibility index (Phi) is 3.28. The molecule has 3 aromatic rings. The molecule has 5 heteroatoms. The number of benzene rings is 2. The number of hydrogen-bond acceptors (Lipinski definition) is 4. The summed E-state index contributed by atoms with van der Waals surface area (Å²) in [5.41, 5.74) is 3.17. The van der Waals surface area contributed by atoms with Gasteiger partial charge >= 0.3 is 0 Å². The summed E-state index contributed by atoms with van der Waals surface area (Å²) in [6.07, 6.45) is 0.358. The van der Waals surface area contributed by atoms with Crippen LogP contribution < -0.4 is 5.32 Å². The van der Waals surface area contributed by atoms with E-state index in [1.54, 1.807) is 12.1 Å². The van der Waals surface area contributed by atoms with Gasteiger partial charge in [-0.05, 0) is 42.0 Å². The monoisotopic (exact) mass is 283 g/mol. The summed E-state index contributed by atoms with van der Waals surface area (Å²) in [6, 6.07) is 15.3. The third kappa shape index (κ3) is 2.58. The highest BCUT2D eigenvalue weighted by molar-refractivity contribution is 6.30. The Bertz CT molecular complexity index is 787. The molecule has 0 saturated carbocycles. The van der Waals surface area contributed by atoms with E-state index in [0.29, 0.717) is 23.0 Å².